The van der Waals surface area contributed by atoms with Gasteiger partial charge < -0.3 is 14.8 Å². The number of aromatic nitrogens is 1. The Morgan fingerprint density at radius 2 is 2.30 bits per heavy atom. The number of aliphatic hydroxyl groups excluding tert-OH is 1. The molecule has 0 spiro atoms. The lowest BCUT2D eigenvalue weighted by Gasteiger charge is -2.14. The Balaban J connectivity index is 1.87. The third kappa shape index (κ3) is 3.79. The minimum Gasteiger partial charge on any atom is -0.469 e. The maximum Gasteiger partial charge on any atom is 0.287 e. The fourth-order valence-electron chi connectivity index (χ4n) is 1.76. The highest BCUT2D eigenvalue weighted by atomic mass is 16.6. The number of anilines is 1. The van der Waals surface area contributed by atoms with E-state index in [4.69, 9.17) is 4.42 Å². The molecule has 7 nitrogen and oxygen atoms in total. The summed E-state index contributed by atoms with van der Waals surface area (Å²) in [5, 5.41) is 22.9. The van der Waals surface area contributed by atoms with E-state index >= 15 is 0 Å². The molecule has 2 aromatic rings. The Bertz CT molecular complexity index is 539. The molecule has 0 amide bonds. The van der Waals surface area contributed by atoms with Gasteiger partial charge in [-0.25, -0.2) is 4.98 Å². The fraction of sp³-hybridized carbons (Fsp3) is 0.308. The van der Waals surface area contributed by atoms with Crippen molar-refractivity contribution >= 4 is 11.5 Å². The predicted octanol–water partition coefficient (Wildman–Crippen LogP) is 1.85. The molecule has 0 aliphatic rings. The highest BCUT2D eigenvalue weighted by molar-refractivity contribution is 5.40. The summed E-state index contributed by atoms with van der Waals surface area (Å²) in [5.74, 6) is 1.33. The molecule has 0 aromatic carbocycles. The van der Waals surface area contributed by atoms with E-state index in [1.165, 1.54) is 12.3 Å². The second kappa shape index (κ2) is 6.67. The summed E-state index contributed by atoms with van der Waals surface area (Å²) < 4.78 is 5.23. The SMILES string of the molecule is O=[N+]([O-])c1ccc(NCC(CO)Cc2ccco2)nc1. The highest BCUT2D eigenvalue weighted by Gasteiger charge is 2.11. The first-order chi connectivity index (χ1) is 9.69. The molecule has 2 rings (SSSR count). The van der Waals surface area contributed by atoms with E-state index in [2.05, 4.69) is 10.3 Å². The van der Waals surface area contributed by atoms with E-state index in [-0.39, 0.29) is 18.2 Å². The molecule has 0 saturated heterocycles. The van der Waals surface area contributed by atoms with Gasteiger partial charge >= 0.3 is 0 Å². The topological polar surface area (TPSA) is 101 Å². The van der Waals surface area contributed by atoms with Gasteiger partial charge in [0.15, 0.2) is 0 Å². The van der Waals surface area contributed by atoms with Crippen molar-refractivity contribution in [1.82, 2.24) is 4.98 Å². The summed E-state index contributed by atoms with van der Waals surface area (Å²) in [6.07, 6.45) is 3.40. The third-order valence-corrected chi connectivity index (χ3v) is 2.86. The molecule has 1 unspecified atom stereocenters. The molecule has 0 aliphatic carbocycles. The standard InChI is InChI=1S/C13H15N3O4/c17-9-10(6-12-2-1-5-20-12)7-14-13-4-3-11(8-15-13)16(18)19/h1-5,8,10,17H,6-7,9H2,(H,14,15). The van der Waals surface area contributed by atoms with Crippen LogP contribution in [0.2, 0.25) is 0 Å². The second-order valence-electron chi connectivity index (χ2n) is 4.37. The molecule has 20 heavy (non-hydrogen) atoms. The number of rotatable bonds is 7. The van der Waals surface area contributed by atoms with E-state index in [9.17, 15) is 15.2 Å². The van der Waals surface area contributed by atoms with Crippen molar-refractivity contribution in [2.75, 3.05) is 18.5 Å². The summed E-state index contributed by atoms with van der Waals surface area (Å²) >= 11 is 0. The molecule has 0 bridgehead atoms. The quantitative estimate of drug-likeness (QED) is 0.591. The zero-order valence-corrected chi connectivity index (χ0v) is 10.7. The van der Waals surface area contributed by atoms with Crippen molar-refractivity contribution in [3.05, 3.63) is 52.6 Å². The average molecular weight is 277 g/mol. The van der Waals surface area contributed by atoms with E-state index in [1.807, 2.05) is 6.07 Å². The van der Waals surface area contributed by atoms with Gasteiger partial charge in [0.05, 0.1) is 11.2 Å². The first-order valence-electron chi connectivity index (χ1n) is 6.16. The summed E-state index contributed by atoms with van der Waals surface area (Å²) in [5.41, 5.74) is -0.0511. The first kappa shape index (κ1) is 14.0. The van der Waals surface area contributed by atoms with Crippen molar-refractivity contribution in [3.63, 3.8) is 0 Å². The summed E-state index contributed by atoms with van der Waals surface area (Å²) in [7, 11) is 0. The van der Waals surface area contributed by atoms with Gasteiger partial charge in [-0.1, -0.05) is 0 Å². The van der Waals surface area contributed by atoms with Crippen LogP contribution in [0.15, 0.2) is 41.1 Å². The van der Waals surface area contributed by atoms with E-state index in [0.717, 1.165) is 5.76 Å². The molecular formula is C13H15N3O4. The predicted molar refractivity (Wildman–Crippen MR) is 72.4 cm³/mol. The molecular weight excluding hydrogens is 262 g/mol. The molecule has 106 valence electrons. The smallest absolute Gasteiger partial charge is 0.287 e. The van der Waals surface area contributed by atoms with Gasteiger partial charge in [-0.2, -0.15) is 0 Å². The zero-order chi connectivity index (χ0) is 14.4. The van der Waals surface area contributed by atoms with Crippen molar-refractivity contribution in [2.45, 2.75) is 6.42 Å². The molecule has 0 aliphatic heterocycles. The van der Waals surface area contributed by atoms with Crippen LogP contribution in [0, 0.1) is 16.0 Å². The Morgan fingerprint density at radius 1 is 1.45 bits per heavy atom. The lowest BCUT2D eigenvalue weighted by molar-refractivity contribution is -0.385. The molecule has 0 saturated carbocycles. The molecule has 2 heterocycles. The van der Waals surface area contributed by atoms with Crippen LogP contribution in [-0.2, 0) is 6.42 Å². The Hall–Kier alpha value is -2.41. The number of hydrogen-bond acceptors (Lipinski definition) is 6. The van der Waals surface area contributed by atoms with Crippen LogP contribution < -0.4 is 5.32 Å². The monoisotopic (exact) mass is 277 g/mol. The Labute approximate surface area is 115 Å². The number of nitrogens with zero attached hydrogens (tertiary/aromatic N) is 2. The number of nitrogens with one attached hydrogen (secondary N) is 1. The van der Waals surface area contributed by atoms with Crippen molar-refractivity contribution < 1.29 is 14.4 Å². The minimum absolute atomic E-state index is 0.0146. The molecule has 7 heteroatoms. The van der Waals surface area contributed by atoms with Gasteiger partial charge in [0.25, 0.3) is 5.69 Å². The van der Waals surface area contributed by atoms with Crippen LogP contribution in [0.5, 0.6) is 0 Å². The first-order valence-corrected chi connectivity index (χ1v) is 6.16. The van der Waals surface area contributed by atoms with Gasteiger partial charge in [0.1, 0.15) is 17.8 Å². The maximum atomic E-state index is 10.5. The van der Waals surface area contributed by atoms with Crippen molar-refractivity contribution in [3.8, 4) is 0 Å². The highest BCUT2D eigenvalue weighted by Crippen LogP contribution is 2.13. The van der Waals surface area contributed by atoms with Gasteiger partial charge in [-0.3, -0.25) is 10.1 Å². The maximum absolute atomic E-state index is 10.5. The van der Waals surface area contributed by atoms with Crippen LogP contribution in [0.4, 0.5) is 11.5 Å². The largest absolute Gasteiger partial charge is 0.469 e. The van der Waals surface area contributed by atoms with E-state index in [1.54, 1.807) is 18.4 Å². The number of hydrogen-bond donors (Lipinski definition) is 2. The van der Waals surface area contributed by atoms with Crippen molar-refractivity contribution in [2.24, 2.45) is 5.92 Å². The molecule has 2 aromatic heterocycles. The average Bonchev–Trinajstić information content (AvgIpc) is 2.96. The molecule has 1 atom stereocenters. The summed E-state index contributed by atoms with van der Waals surface area (Å²) in [4.78, 5) is 14.0. The van der Waals surface area contributed by atoms with E-state index in [0.29, 0.717) is 18.8 Å². The van der Waals surface area contributed by atoms with Gasteiger partial charge in [0, 0.05) is 31.6 Å². The zero-order valence-electron chi connectivity index (χ0n) is 10.7. The van der Waals surface area contributed by atoms with Gasteiger partial charge in [-0.05, 0) is 18.2 Å². The van der Waals surface area contributed by atoms with Gasteiger partial charge in [0.2, 0.25) is 0 Å². The third-order valence-electron chi connectivity index (χ3n) is 2.86. The Kier molecular flexibility index (Phi) is 4.67. The van der Waals surface area contributed by atoms with Gasteiger partial charge in [-0.15, -0.1) is 0 Å². The van der Waals surface area contributed by atoms with Crippen LogP contribution in [-0.4, -0.2) is 28.2 Å². The van der Waals surface area contributed by atoms with E-state index < -0.39 is 4.92 Å². The van der Waals surface area contributed by atoms with Crippen LogP contribution >= 0.6 is 0 Å². The lowest BCUT2D eigenvalue weighted by Crippen LogP contribution is -2.20. The second-order valence-corrected chi connectivity index (χ2v) is 4.37. The Morgan fingerprint density at radius 3 is 2.85 bits per heavy atom. The van der Waals surface area contributed by atoms with Crippen LogP contribution in [0.1, 0.15) is 5.76 Å². The summed E-state index contributed by atoms with van der Waals surface area (Å²) in [6.45, 7) is 0.517. The van der Waals surface area contributed by atoms with Crippen LogP contribution in [0.25, 0.3) is 0 Å². The molecule has 0 fully saturated rings. The summed E-state index contributed by atoms with van der Waals surface area (Å²) in [6, 6.07) is 6.58. The van der Waals surface area contributed by atoms with Crippen molar-refractivity contribution in [1.29, 1.82) is 0 Å². The number of pyridine rings is 1. The number of nitro groups is 1. The fourth-order valence-corrected chi connectivity index (χ4v) is 1.76. The molecule has 0 radical (unpaired) electrons. The van der Waals surface area contributed by atoms with Crippen LogP contribution in [0.3, 0.4) is 0 Å². The normalized spacial score (nSPS) is 12.1. The minimum atomic E-state index is -0.496. The lowest BCUT2D eigenvalue weighted by atomic mass is 10.1. The number of aliphatic hydroxyl groups is 1. The molecule has 2 N–H and O–H groups in total. The number of furan rings is 1.